The number of benzene rings is 2. The number of H-pyrrole nitrogens is 1. The molecule has 1 aliphatic rings. The standard InChI is InChI=1S/C24H24ClN5O4/c1-29(2)8-9-30-18-10-14(17-12-26-27-24(17)32-3)4-6-16(18)22(28-30)23(31)21-13-33-19-7-5-15(25)11-20(19)34-21/h4-7,10-12,21H,8-9,13H2,1-3H3,(H,26,27). The first-order valence-electron chi connectivity index (χ1n) is 10.8. The summed E-state index contributed by atoms with van der Waals surface area (Å²) >= 11 is 6.09. The van der Waals surface area contributed by atoms with Gasteiger partial charge in [-0.2, -0.15) is 10.2 Å². The van der Waals surface area contributed by atoms with Crippen LogP contribution in [-0.4, -0.2) is 71.1 Å². The fourth-order valence-electron chi connectivity index (χ4n) is 3.95. The summed E-state index contributed by atoms with van der Waals surface area (Å²) in [6, 6.07) is 10.9. The van der Waals surface area contributed by atoms with Gasteiger partial charge in [0.15, 0.2) is 17.6 Å². The van der Waals surface area contributed by atoms with E-state index < -0.39 is 6.10 Å². The van der Waals surface area contributed by atoms with Crippen molar-refractivity contribution >= 4 is 28.3 Å². The van der Waals surface area contributed by atoms with Crippen LogP contribution in [0.2, 0.25) is 5.02 Å². The Morgan fingerprint density at radius 1 is 1.26 bits per heavy atom. The van der Waals surface area contributed by atoms with Crippen LogP contribution in [0, 0.1) is 0 Å². The number of nitrogens with zero attached hydrogens (tertiary/aromatic N) is 4. The van der Waals surface area contributed by atoms with Crippen molar-refractivity contribution < 1.29 is 19.0 Å². The second-order valence-corrected chi connectivity index (χ2v) is 8.73. The average Bonchev–Trinajstić information content (AvgIpc) is 3.46. The second kappa shape index (κ2) is 9.00. The summed E-state index contributed by atoms with van der Waals surface area (Å²) in [5, 5.41) is 12.9. The van der Waals surface area contributed by atoms with Crippen molar-refractivity contribution in [2.75, 3.05) is 34.4 Å². The van der Waals surface area contributed by atoms with Gasteiger partial charge in [0.1, 0.15) is 12.3 Å². The highest BCUT2D eigenvalue weighted by Crippen LogP contribution is 2.36. The van der Waals surface area contributed by atoms with Gasteiger partial charge in [0, 0.05) is 23.0 Å². The molecule has 2 aromatic heterocycles. The van der Waals surface area contributed by atoms with Crippen LogP contribution in [0.15, 0.2) is 42.6 Å². The van der Waals surface area contributed by atoms with E-state index in [9.17, 15) is 4.79 Å². The van der Waals surface area contributed by atoms with E-state index in [0.29, 0.717) is 34.6 Å². The molecule has 0 bridgehead atoms. The molecule has 1 N–H and O–H groups in total. The minimum atomic E-state index is -0.819. The lowest BCUT2D eigenvalue weighted by Crippen LogP contribution is -2.37. The van der Waals surface area contributed by atoms with Crippen LogP contribution in [0.4, 0.5) is 0 Å². The number of aromatic amines is 1. The van der Waals surface area contributed by atoms with Crippen LogP contribution < -0.4 is 14.2 Å². The Balaban J connectivity index is 1.53. The number of rotatable bonds is 7. The highest BCUT2D eigenvalue weighted by molar-refractivity contribution is 6.30. The number of carbonyl (C=O) groups excluding carboxylic acids is 1. The number of hydrogen-bond acceptors (Lipinski definition) is 7. The molecular formula is C24H24ClN5O4. The van der Waals surface area contributed by atoms with E-state index in [-0.39, 0.29) is 12.4 Å². The van der Waals surface area contributed by atoms with E-state index in [2.05, 4.69) is 15.1 Å². The first-order valence-corrected chi connectivity index (χ1v) is 11.2. The smallest absolute Gasteiger partial charge is 0.227 e. The van der Waals surface area contributed by atoms with Crippen molar-refractivity contribution in [1.29, 1.82) is 0 Å². The molecular weight excluding hydrogens is 458 g/mol. The third-order valence-electron chi connectivity index (χ3n) is 5.72. The van der Waals surface area contributed by atoms with E-state index in [4.69, 9.17) is 30.9 Å². The SMILES string of the molecule is COc1[nH]ncc1-c1ccc2c(C(=O)C3COc4ccc(Cl)cc4O3)nn(CCN(C)C)c2c1. The van der Waals surface area contributed by atoms with E-state index in [0.717, 1.165) is 28.6 Å². The van der Waals surface area contributed by atoms with Crippen molar-refractivity contribution in [2.45, 2.75) is 12.6 Å². The van der Waals surface area contributed by atoms with Gasteiger partial charge in [-0.3, -0.25) is 9.48 Å². The molecule has 0 spiro atoms. The van der Waals surface area contributed by atoms with Crippen molar-refractivity contribution in [2.24, 2.45) is 0 Å². The maximum absolute atomic E-state index is 13.5. The average molecular weight is 482 g/mol. The number of aromatic nitrogens is 4. The number of methoxy groups -OCH3 is 1. The van der Waals surface area contributed by atoms with Crippen molar-refractivity contribution in [3.05, 3.63) is 53.3 Å². The van der Waals surface area contributed by atoms with Crippen molar-refractivity contribution in [3.8, 4) is 28.5 Å². The summed E-state index contributed by atoms with van der Waals surface area (Å²) in [4.78, 5) is 15.6. The lowest BCUT2D eigenvalue weighted by Gasteiger charge is -2.25. The third-order valence-corrected chi connectivity index (χ3v) is 5.96. The molecule has 1 unspecified atom stereocenters. The molecule has 34 heavy (non-hydrogen) atoms. The Labute approximate surface area is 201 Å². The van der Waals surface area contributed by atoms with Crippen LogP contribution in [0.3, 0.4) is 0 Å². The molecule has 0 amide bonds. The van der Waals surface area contributed by atoms with Crippen molar-refractivity contribution in [1.82, 2.24) is 24.9 Å². The van der Waals surface area contributed by atoms with E-state index >= 15 is 0 Å². The molecule has 3 heterocycles. The molecule has 0 saturated carbocycles. The minimum Gasteiger partial charge on any atom is -0.485 e. The Morgan fingerprint density at radius 2 is 2.12 bits per heavy atom. The first kappa shape index (κ1) is 22.2. The fourth-order valence-corrected chi connectivity index (χ4v) is 4.11. The van der Waals surface area contributed by atoms with Gasteiger partial charge in [-0.1, -0.05) is 17.7 Å². The summed E-state index contributed by atoms with van der Waals surface area (Å²) in [5.41, 5.74) is 2.92. The van der Waals surface area contributed by atoms with Crippen LogP contribution in [-0.2, 0) is 6.54 Å². The van der Waals surface area contributed by atoms with Crippen molar-refractivity contribution in [3.63, 3.8) is 0 Å². The van der Waals surface area contributed by atoms with E-state index in [1.807, 2.05) is 37.0 Å². The molecule has 9 nitrogen and oxygen atoms in total. The molecule has 4 aromatic rings. The molecule has 0 aliphatic carbocycles. The van der Waals surface area contributed by atoms with Gasteiger partial charge in [-0.05, 0) is 43.9 Å². The predicted octanol–water partition coefficient (Wildman–Crippen LogP) is 3.67. The zero-order valence-electron chi connectivity index (χ0n) is 19.0. The number of ketones is 1. The Hall–Kier alpha value is -3.56. The zero-order valence-corrected chi connectivity index (χ0v) is 19.8. The van der Waals surface area contributed by atoms with Crippen LogP contribution in [0.25, 0.3) is 22.0 Å². The second-order valence-electron chi connectivity index (χ2n) is 8.30. The van der Waals surface area contributed by atoms with Gasteiger partial charge >= 0.3 is 0 Å². The number of hydrogen-bond donors (Lipinski definition) is 1. The Kier molecular flexibility index (Phi) is 5.89. The predicted molar refractivity (Wildman–Crippen MR) is 128 cm³/mol. The summed E-state index contributed by atoms with van der Waals surface area (Å²) in [6.07, 6.45) is 0.891. The lowest BCUT2D eigenvalue weighted by molar-refractivity contribution is 0.0581. The van der Waals surface area contributed by atoms with Gasteiger partial charge in [-0.15, -0.1) is 0 Å². The van der Waals surface area contributed by atoms with Crippen LogP contribution >= 0.6 is 11.6 Å². The number of halogens is 1. The molecule has 0 saturated heterocycles. The Bertz CT molecular complexity index is 1360. The van der Waals surface area contributed by atoms with E-state index in [1.165, 1.54) is 0 Å². The highest BCUT2D eigenvalue weighted by atomic mass is 35.5. The monoisotopic (exact) mass is 481 g/mol. The normalized spacial score (nSPS) is 15.1. The zero-order chi connectivity index (χ0) is 23.8. The number of likely N-dealkylation sites (N-methyl/N-ethyl adjacent to an activating group) is 1. The summed E-state index contributed by atoms with van der Waals surface area (Å²) in [7, 11) is 5.58. The number of fused-ring (bicyclic) bond motifs is 2. The topological polar surface area (TPSA) is 94.5 Å². The lowest BCUT2D eigenvalue weighted by atomic mass is 10.0. The minimum absolute atomic E-state index is 0.101. The van der Waals surface area contributed by atoms with Gasteiger partial charge in [0.05, 0.1) is 30.9 Å². The molecule has 176 valence electrons. The molecule has 1 atom stereocenters. The summed E-state index contributed by atoms with van der Waals surface area (Å²) < 4.78 is 18.9. The number of carbonyl (C=O) groups is 1. The highest BCUT2D eigenvalue weighted by Gasteiger charge is 2.32. The number of ether oxygens (including phenoxy) is 3. The molecule has 10 heteroatoms. The number of Topliss-reactive ketones (excluding diaryl/α,β-unsaturated/α-hetero) is 1. The quantitative estimate of drug-likeness (QED) is 0.402. The Morgan fingerprint density at radius 3 is 2.91 bits per heavy atom. The van der Waals surface area contributed by atoms with Crippen LogP contribution in [0.1, 0.15) is 10.5 Å². The number of nitrogens with one attached hydrogen (secondary N) is 1. The molecule has 5 rings (SSSR count). The first-order chi connectivity index (χ1) is 16.4. The summed E-state index contributed by atoms with van der Waals surface area (Å²) in [5.74, 6) is 1.34. The van der Waals surface area contributed by atoms with Gasteiger partial charge in [0.25, 0.3) is 0 Å². The molecule has 0 radical (unpaired) electrons. The summed E-state index contributed by atoms with van der Waals surface area (Å²) in [6.45, 7) is 1.48. The third kappa shape index (κ3) is 4.08. The maximum Gasteiger partial charge on any atom is 0.227 e. The molecule has 1 aliphatic heterocycles. The van der Waals surface area contributed by atoms with Gasteiger partial charge < -0.3 is 19.1 Å². The largest absolute Gasteiger partial charge is 0.485 e. The van der Waals surface area contributed by atoms with Gasteiger partial charge in [-0.25, -0.2) is 5.10 Å². The van der Waals surface area contributed by atoms with Crippen LogP contribution in [0.5, 0.6) is 17.4 Å². The molecule has 0 fully saturated rings. The van der Waals surface area contributed by atoms with Gasteiger partial charge in [0.2, 0.25) is 11.7 Å². The molecule has 2 aromatic carbocycles. The maximum atomic E-state index is 13.5. The fraction of sp³-hybridized carbons (Fsp3) is 0.292. The van der Waals surface area contributed by atoms with E-state index in [1.54, 1.807) is 31.5 Å².